The Bertz CT molecular complexity index is 616. The third-order valence-corrected chi connectivity index (χ3v) is 4.39. The molecular formula is C15H19BrN2O4. The van der Waals surface area contributed by atoms with E-state index in [-0.39, 0.29) is 12.2 Å². The number of aromatic nitrogens is 1. The third-order valence-electron chi connectivity index (χ3n) is 3.92. The van der Waals surface area contributed by atoms with E-state index in [1.807, 2.05) is 26.8 Å². The highest BCUT2D eigenvalue weighted by Crippen LogP contribution is 2.50. The van der Waals surface area contributed by atoms with Crippen LogP contribution in [0.4, 0.5) is 4.79 Å². The van der Waals surface area contributed by atoms with Gasteiger partial charge in [-0.2, -0.15) is 4.73 Å². The van der Waals surface area contributed by atoms with Gasteiger partial charge in [0, 0.05) is 19.0 Å². The van der Waals surface area contributed by atoms with Gasteiger partial charge in [-0.25, -0.2) is 4.79 Å². The monoisotopic (exact) mass is 370 g/mol. The molecule has 0 spiro atoms. The largest absolute Gasteiger partial charge is 0.618 e. The second-order valence-electron chi connectivity index (χ2n) is 6.73. The van der Waals surface area contributed by atoms with E-state index in [1.54, 1.807) is 11.0 Å². The SMILES string of the molecule is CC(C)(C)OC(=O)N1CCC2(c3ccc(Br)c[n+]3[O-])OC2C1. The van der Waals surface area contributed by atoms with Crippen LogP contribution in [0.3, 0.4) is 0 Å². The second-order valence-corrected chi connectivity index (χ2v) is 7.65. The summed E-state index contributed by atoms with van der Waals surface area (Å²) < 4.78 is 12.7. The van der Waals surface area contributed by atoms with Gasteiger partial charge in [-0.3, -0.25) is 0 Å². The lowest BCUT2D eigenvalue weighted by Gasteiger charge is -2.30. The number of ether oxygens (including phenoxy) is 2. The van der Waals surface area contributed by atoms with E-state index in [2.05, 4.69) is 15.9 Å². The molecule has 0 radical (unpaired) electrons. The van der Waals surface area contributed by atoms with Crippen molar-refractivity contribution in [3.05, 3.63) is 33.7 Å². The fraction of sp³-hybridized carbons (Fsp3) is 0.600. The van der Waals surface area contributed by atoms with Crippen LogP contribution >= 0.6 is 15.9 Å². The molecule has 2 saturated heterocycles. The molecule has 0 aromatic carbocycles. The molecule has 0 bridgehead atoms. The number of rotatable bonds is 1. The van der Waals surface area contributed by atoms with Crippen molar-refractivity contribution in [1.29, 1.82) is 0 Å². The molecule has 6 nitrogen and oxygen atoms in total. The molecule has 2 unspecified atom stereocenters. The number of piperidine rings is 1. The quantitative estimate of drug-likeness (QED) is 0.432. The van der Waals surface area contributed by atoms with E-state index in [9.17, 15) is 10.0 Å². The normalized spacial score (nSPS) is 27.3. The predicted molar refractivity (Wildman–Crippen MR) is 82.1 cm³/mol. The summed E-state index contributed by atoms with van der Waals surface area (Å²) in [5, 5.41) is 12.1. The van der Waals surface area contributed by atoms with Crippen molar-refractivity contribution in [2.24, 2.45) is 0 Å². The van der Waals surface area contributed by atoms with Crippen LogP contribution in [-0.4, -0.2) is 35.8 Å². The molecule has 1 aromatic heterocycles. The molecule has 2 fully saturated rings. The summed E-state index contributed by atoms with van der Waals surface area (Å²) >= 11 is 3.28. The number of epoxide rings is 1. The molecule has 1 aromatic rings. The number of hydrogen-bond donors (Lipinski definition) is 0. The zero-order valence-electron chi connectivity index (χ0n) is 12.8. The number of nitrogens with zero attached hydrogens (tertiary/aromatic N) is 2. The number of halogens is 1. The molecular weight excluding hydrogens is 352 g/mol. The Labute approximate surface area is 137 Å². The minimum atomic E-state index is -0.555. The molecule has 2 aliphatic heterocycles. The zero-order chi connectivity index (χ0) is 16.1. The summed E-state index contributed by atoms with van der Waals surface area (Å²) in [5.74, 6) is 0. The van der Waals surface area contributed by atoms with Crippen LogP contribution < -0.4 is 4.73 Å². The Morgan fingerprint density at radius 2 is 2.27 bits per heavy atom. The van der Waals surface area contributed by atoms with E-state index in [0.29, 0.717) is 25.2 Å². The lowest BCUT2D eigenvalue weighted by molar-refractivity contribution is -0.619. The molecule has 3 rings (SSSR count). The summed E-state index contributed by atoms with van der Waals surface area (Å²) in [4.78, 5) is 13.8. The first-order valence-corrected chi connectivity index (χ1v) is 8.05. The first-order chi connectivity index (χ1) is 10.2. The Morgan fingerprint density at radius 1 is 1.55 bits per heavy atom. The smallest absolute Gasteiger partial charge is 0.410 e. The number of fused-ring (bicyclic) bond motifs is 1. The standard InChI is InChI=1S/C15H19BrN2O4/c1-14(2,3)22-13(19)17-7-6-15(12(9-17)21-15)11-5-4-10(16)8-18(11)20/h4-5,8,12H,6-7,9H2,1-3H3. The van der Waals surface area contributed by atoms with Gasteiger partial charge in [0.15, 0.2) is 11.8 Å². The fourth-order valence-electron chi connectivity index (χ4n) is 2.85. The average Bonchev–Trinajstić information content (AvgIpc) is 3.10. The first kappa shape index (κ1) is 15.6. The maximum absolute atomic E-state index is 12.1. The van der Waals surface area contributed by atoms with E-state index < -0.39 is 11.2 Å². The van der Waals surface area contributed by atoms with E-state index >= 15 is 0 Å². The fourth-order valence-corrected chi connectivity index (χ4v) is 3.16. The maximum Gasteiger partial charge on any atom is 0.410 e. The number of pyridine rings is 1. The van der Waals surface area contributed by atoms with Crippen molar-refractivity contribution < 1.29 is 19.0 Å². The molecule has 0 saturated carbocycles. The van der Waals surface area contributed by atoms with E-state index in [1.165, 1.54) is 6.20 Å². The maximum atomic E-state index is 12.1. The van der Waals surface area contributed by atoms with Crippen molar-refractivity contribution in [3.8, 4) is 0 Å². The highest BCUT2D eigenvalue weighted by atomic mass is 79.9. The Hall–Kier alpha value is -1.34. The van der Waals surface area contributed by atoms with E-state index in [4.69, 9.17) is 9.47 Å². The van der Waals surface area contributed by atoms with Crippen molar-refractivity contribution in [2.75, 3.05) is 13.1 Å². The Morgan fingerprint density at radius 3 is 2.86 bits per heavy atom. The van der Waals surface area contributed by atoms with Crippen molar-refractivity contribution >= 4 is 22.0 Å². The van der Waals surface area contributed by atoms with Crippen LogP contribution in [0.15, 0.2) is 22.8 Å². The number of likely N-dealkylation sites (tertiary alicyclic amines) is 1. The molecule has 2 aliphatic rings. The van der Waals surface area contributed by atoms with Crippen molar-refractivity contribution in [2.45, 2.75) is 44.5 Å². The molecule has 0 N–H and O–H groups in total. The molecule has 7 heteroatoms. The van der Waals surface area contributed by atoms with Crippen LogP contribution in [0.1, 0.15) is 32.9 Å². The van der Waals surface area contributed by atoms with Crippen molar-refractivity contribution in [1.82, 2.24) is 4.90 Å². The summed E-state index contributed by atoms with van der Waals surface area (Å²) in [6, 6.07) is 3.61. The minimum Gasteiger partial charge on any atom is -0.618 e. The lowest BCUT2D eigenvalue weighted by Crippen LogP contribution is -2.47. The molecule has 0 aliphatic carbocycles. The van der Waals surface area contributed by atoms with Crippen LogP contribution in [0, 0.1) is 5.21 Å². The van der Waals surface area contributed by atoms with Gasteiger partial charge in [0.1, 0.15) is 11.7 Å². The van der Waals surface area contributed by atoms with Crippen LogP contribution in [0.2, 0.25) is 0 Å². The summed E-state index contributed by atoms with van der Waals surface area (Å²) in [5.41, 5.74) is -0.467. The summed E-state index contributed by atoms with van der Waals surface area (Å²) in [6.45, 7) is 6.49. The zero-order valence-corrected chi connectivity index (χ0v) is 14.4. The van der Waals surface area contributed by atoms with Crippen LogP contribution in [0.25, 0.3) is 0 Å². The topological polar surface area (TPSA) is 69.0 Å². The number of carbonyl (C=O) groups excluding carboxylic acids is 1. The highest BCUT2D eigenvalue weighted by molar-refractivity contribution is 9.10. The van der Waals surface area contributed by atoms with E-state index in [0.717, 1.165) is 9.20 Å². The number of hydrogen-bond acceptors (Lipinski definition) is 4. The molecule has 120 valence electrons. The number of carbonyl (C=O) groups is 1. The van der Waals surface area contributed by atoms with Gasteiger partial charge in [0.05, 0.1) is 11.0 Å². The molecule has 2 atom stereocenters. The summed E-state index contributed by atoms with van der Waals surface area (Å²) in [7, 11) is 0. The second kappa shape index (κ2) is 5.09. The van der Waals surface area contributed by atoms with Crippen LogP contribution in [-0.2, 0) is 15.1 Å². The Kier molecular flexibility index (Phi) is 3.60. The molecule has 3 heterocycles. The van der Waals surface area contributed by atoms with Gasteiger partial charge in [0.25, 0.3) is 0 Å². The average molecular weight is 371 g/mol. The predicted octanol–water partition coefficient (Wildman–Crippen LogP) is 2.32. The van der Waals surface area contributed by atoms with Crippen LogP contribution in [0.5, 0.6) is 0 Å². The van der Waals surface area contributed by atoms with Gasteiger partial charge in [-0.1, -0.05) is 0 Å². The van der Waals surface area contributed by atoms with Gasteiger partial charge in [-0.15, -0.1) is 0 Å². The third kappa shape index (κ3) is 2.79. The lowest BCUT2D eigenvalue weighted by atomic mass is 9.92. The highest BCUT2D eigenvalue weighted by Gasteiger charge is 2.65. The van der Waals surface area contributed by atoms with Gasteiger partial charge in [-0.05, 0) is 42.8 Å². The van der Waals surface area contributed by atoms with Gasteiger partial charge >= 0.3 is 6.09 Å². The first-order valence-electron chi connectivity index (χ1n) is 7.26. The Balaban J connectivity index is 1.70. The number of amides is 1. The van der Waals surface area contributed by atoms with Crippen molar-refractivity contribution in [3.63, 3.8) is 0 Å². The molecule has 22 heavy (non-hydrogen) atoms. The van der Waals surface area contributed by atoms with Gasteiger partial charge in [0.2, 0.25) is 5.69 Å². The summed E-state index contributed by atoms with van der Waals surface area (Å²) in [6.07, 6.45) is 1.60. The molecule has 1 amide bonds. The van der Waals surface area contributed by atoms with Gasteiger partial charge < -0.3 is 19.6 Å². The minimum absolute atomic E-state index is 0.143.